The molecule has 0 heterocycles. The van der Waals surface area contributed by atoms with E-state index in [1.807, 2.05) is 55.5 Å². The van der Waals surface area contributed by atoms with E-state index in [9.17, 15) is 4.79 Å². The Hall–Kier alpha value is -2.33. The van der Waals surface area contributed by atoms with E-state index in [1.165, 1.54) is 0 Å². The molecule has 0 spiro atoms. The minimum Gasteiger partial charge on any atom is -0.398 e. The number of amides is 1. The van der Waals surface area contributed by atoms with Gasteiger partial charge in [0.25, 0.3) is 0 Å². The van der Waals surface area contributed by atoms with Crippen LogP contribution in [-0.4, -0.2) is 12.5 Å². The minimum atomic E-state index is -0.0167. The van der Waals surface area contributed by atoms with Gasteiger partial charge in [-0.1, -0.05) is 36.4 Å². The van der Waals surface area contributed by atoms with Crippen LogP contribution in [0.15, 0.2) is 48.5 Å². The summed E-state index contributed by atoms with van der Waals surface area (Å²) in [6.45, 7) is 3.04. The lowest BCUT2D eigenvalue weighted by atomic mass is 10.1. The molecule has 2 aromatic carbocycles. The zero-order valence-electron chi connectivity index (χ0n) is 12.8. The largest absolute Gasteiger partial charge is 0.398 e. The summed E-state index contributed by atoms with van der Waals surface area (Å²) in [6.07, 6.45) is 1.13. The number of hydrogen-bond donors (Lipinski definition) is 2. The van der Waals surface area contributed by atoms with Crippen LogP contribution < -0.4 is 11.1 Å². The van der Waals surface area contributed by atoms with Gasteiger partial charge in [0.1, 0.15) is 0 Å². The molecular formula is C18H22N2O2. The molecule has 0 aliphatic carbocycles. The van der Waals surface area contributed by atoms with Gasteiger partial charge in [-0.2, -0.15) is 0 Å². The molecule has 0 bridgehead atoms. The Bertz CT molecular complexity index is 612. The number of anilines is 2. The summed E-state index contributed by atoms with van der Waals surface area (Å²) in [4.78, 5) is 11.9. The number of rotatable bonds is 7. The summed E-state index contributed by atoms with van der Waals surface area (Å²) in [7, 11) is 0. The summed E-state index contributed by atoms with van der Waals surface area (Å²) in [5.74, 6) is -0.0167. The Kier molecular flexibility index (Phi) is 5.98. The van der Waals surface area contributed by atoms with Crippen molar-refractivity contribution in [2.45, 2.75) is 26.4 Å². The monoisotopic (exact) mass is 298 g/mol. The van der Waals surface area contributed by atoms with Gasteiger partial charge in [0, 0.05) is 24.4 Å². The van der Waals surface area contributed by atoms with E-state index in [-0.39, 0.29) is 5.91 Å². The molecule has 0 saturated carbocycles. The fourth-order valence-electron chi connectivity index (χ4n) is 2.10. The van der Waals surface area contributed by atoms with E-state index < -0.39 is 0 Å². The highest BCUT2D eigenvalue weighted by Gasteiger charge is 2.06. The molecule has 4 nitrogen and oxygen atoms in total. The lowest BCUT2D eigenvalue weighted by Crippen LogP contribution is -2.13. The topological polar surface area (TPSA) is 64.3 Å². The van der Waals surface area contributed by atoms with Crippen molar-refractivity contribution in [2.75, 3.05) is 17.7 Å². The zero-order chi connectivity index (χ0) is 15.8. The molecule has 116 valence electrons. The maximum Gasteiger partial charge on any atom is 0.224 e. The lowest BCUT2D eigenvalue weighted by molar-refractivity contribution is -0.116. The Morgan fingerprint density at radius 1 is 1.14 bits per heavy atom. The van der Waals surface area contributed by atoms with Crippen LogP contribution in [0.2, 0.25) is 0 Å². The molecule has 0 aliphatic rings. The standard InChI is InChI=1S/C18H22N2O2/c1-14-16(19)9-5-10-17(14)20-18(21)11-6-12-22-13-15-7-3-2-4-8-15/h2-5,7-10H,6,11-13,19H2,1H3,(H,20,21). The van der Waals surface area contributed by atoms with Gasteiger partial charge in [-0.05, 0) is 36.6 Å². The molecule has 1 amide bonds. The number of benzene rings is 2. The summed E-state index contributed by atoms with van der Waals surface area (Å²) in [6, 6.07) is 15.5. The van der Waals surface area contributed by atoms with Gasteiger partial charge in [-0.25, -0.2) is 0 Å². The number of ether oxygens (including phenoxy) is 1. The van der Waals surface area contributed by atoms with Gasteiger partial charge in [0.05, 0.1) is 6.61 Å². The van der Waals surface area contributed by atoms with Crippen molar-refractivity contribution in [2.24, 2.45) is 0 Å². The third-order valence-corrected chi connectivity index (χ3v) is 3.45. The first-order valence-corrected chi connectivity index (χ1v) is 7.43. The van der Waals surface area contributed by atoms with Crippen molar-refractivity contribution >= 4 is 17.3 Å². The maximum atomic E-state index is 11.9. The van der Waals surface area contributed by atoms with Crippen LogP contribution in [0, 0.1) is 6.92 Å². The van der Waals surface area contributed by atoms with Crippen molar-refractivity contribution in [3.05, 3.63) is 59.7 Å². The molecule has 22 heavy (non-hydrogen) atoms. The number of nitrogen functional groups attached to an aromatic ring is 1. The highest BCUT2D eigenvalue weighted by atomic mass is 16.5. The smallest absolute Gasteiger partial charge is 0.224 e. The number of carbonyl (C=O) groups is 1. The van der Waals surface area contributed by atoms with Gasteiger partial charge in [-0.3, -0.25) is 4.79 Å². The number of hydrogen-bond acceptors (Lipinski definition) is 3. The molecule has 0 saturated heterocycles. The predicted octanol–water partition coefficient (Wildman–Crippen LogP) is 3.51. The van der Waals surface area contributed by atoms with E-state index >= 15 is 0 Å². The predicted molar refractivity (Wildman–Crippen MR) is 89.6 cm³/mol. The maximum absolute atomic E-state index is 11.9. The molecule has 0 atom stereocenters. The zero-order valence-corrected chi connectivity index (χ0v) is 12.8. The summed E-state index contributed by atoms with van der Waals surface area (Å²) in [5.41, 5.74) is 9.32. The fourth-order valence-corrected chi connectivity index (χ4v) is 2.10. The van der Waals surface area contributed by atoms with Crippen molar-refractivity contribution < 1.29 is 9.53 Å². The number of nitrogens with two attached hydrogens (primary N) is 1. The fraction of sp³-hybridized carbons (Fsp3) is 0.278. The minimum absolute atomic E-state index is 0.0167. The molecule has 0 fully saturated rings. The van der Waals surface area contributed by atoms with E-state index in [4.69, 9.17) is 10.5 Å². The van der Waals surface area contributed by atoms with E-state index in [0.29, 0.717) is 31.7 Å². The van der Waals surface area contributed by atoms with E-state index in [2.05, 4.69) is 5.32 Å². The molecule has 0 aliphatic heterocycles. The normalized spacial score (nSPS) is 10.4. The molecule has 2 aromatic rings. The molecule has 0 radical (unpaired) electrons. The molecule has 0 aromatic heterocycles. The Labute approximate surface area is 131 Å². The molecule has 3 N–H and O–H groups in total. The van der Waals surface area contributed by atoms with Crippen molar-refractivity contribution in [3.63, 3.8) is 0 Å². The van der Waals surface area contributed by atoms with Crippen LogP contribution >= 0.6 is 0 Å². The van der Waals surface area contributed by atoms with Crippen molar-refractivity contribution in [3.8, 4) is 0 Å². The second-order valence-corrected chi connectivity index (χ2v) is 5.21. The molecular weight excluding hydrogens is 276 g/mol. The Balaban J connectivity index is 1.67. The van der Waals surface area contributed by atoms with Crippen LogP contribution in [0.25, 0.3) is 0 Å². The van der Waals surface area contributed by atoms with Gasteiger partial charge in [0.2, 0.25) is 5.91 Å². The molecule has 4 heteroatoms. The number of nitrogens with one attached hydrogen (secondary N) is 1. The third-order valence-electron chi connectivity index (χ3n) is 3.45. The van der Waals surface area contributed by atoms with Crippen LogP contribution in [0.5, 0.6) is 0 Å². The van der Waals surface area contributed by atoms with E-state index in [0.717, 1.165) is 16.8 Å². The third kappa shape index (κ3) is 4.90. The van der Waals surface area contributed by atoms with Crippen molar-refractivity contribution in [1.29, 1.82) is 0 Å². The Morgan fingerprint density at radius 3 is 2.68 bits per heavy atom. The van der Waals surface area contributed by atoms with Gasteiger partial charge in [0.15, 0.2) is 0 Å². The second kappa shape index (κ2) is 8.20. The highest BCUT2D eigenvalue weighted by molar-refractivity contribution is 5.92. The molecule has 0 unspecified atom stereocenters. The summed E-state index contributed by atoms with van der Waals surface area (Å²) >= 11 is 0. The summed E-state index contributed by atoms with van der Waals surface area (Å²) in [5, 5.41) is 2.89. The first-order chi connectivity index (χ1) is 10.7. The lowest BCUT2D eigenvalue weighted by Gasteiger charge is -2.10. The highest BCUT2D eigenvalue weighted by Crippen LogP contribution is 2.20. The SMILES string of the molecule is Cc1c(N)cccc1NC(=O)CCCOCc1ccccc1. The second-order valence-electron chi connectivity index (χ2n) is 5.21. The van der Waals surface area contributed by atoms with Crippen LogP contribution in [-0.2, 0) is 16.1 Å². The number of carbonyl (C=O) groups excluding carboxylic acids is 1. The van der Waals surface area contributed by atoms with Crippen LogP contribution in [0.4, 0.5) is 11.4 Å². The first kappa shape index (κ1) is 16.0. The van der Waals surface area contributed by atoms with Gasteiger partial charge >= 0.3 is 0 Å². The van der Waals surface area contributed by atoms with Gasteiger partial charge < -0.3 is 15.8 Å². The first-order valence-electron chi connectivity index (χ1n) is 7.43. The van der Waals surface area contributed by atoms with E-state index in [1.54, 1.807) is 0 Å². The van der Waals surface area contributed by atoms with Crippen LogP contribution in [0.1, 0.15) is 24.0 Å². The molecule has 2 rings (SSSR count). The van der Waals surface area contributed by atoms with Gasteiger partial charge in [-0.15, -0.1) is 0 Å². The average Bonchev–Trinajstić information content (AvgIpc) is 2.52. The Morgan fingerprint density at radius 2 is 1.91 bits per heavy atom. The van der Waals surface area contributed by atoms with Crippen LogP contribution in [0.3, 0.4) is 0 Å². The quantitative estimate of drug-likeness (QED) is 0.607. The summed E-state index contributed by atoms with van der Waals surface area (Å²) < 4.78 is 5.56. The average molecular weight is 298 g/mol. The van der Waals surface area contributed by atoms with Crippen molar-refractivity contribution in [1.82, 2.24) is 0 Å².